The number of nitrogens with zero attached hydrogens (tertiary/aromatic N) is 6. The zero-order valence-corrected chi connectivity index (χ0v) is 14.8. The molecule has 1 aliphatic heterocycles. The molecule has 0 bridgehead atoms. The van der Waals surface area contributed by atoms with Crippen molar-refractivity contribution in [1.29, 1.82) is 0 Å². The molecule has 1 N–H and O–H groups in total. The van der Waals surface area contributed by atoms with Crippen molar-refractivity contribution in [2.75, 3.05) is 11.9 Å². The number of fused-ring (bicyclic) bond motifs is 1. The van der Waals surface area contributed by atoms with Crippen molar-refractivity contribution < 1.29 is 9.59 Å². The van der Waals surface area contributed by atoms with Gasteiger partial charge in [-0.05, 0) is 25.1 Å². The van der Waals surface area contributed by atoms with Crippen molar-refractivity contribution in [3.05, 3.63) is 60.4 Å². The van der Waals surface area contributed by atoms with E-state index in [9.17, 15) is 9.59 Å². The highest BCUT2D eigenvalue weighted by Gasteiger charge is 2.27. The Morgan fingerprint density at radius 3 is 2.74 bits per heavy atom. The molecule has 1 aromatic carbocycles. The first kappa shape index (κ1) is 17.0. The lowest BCUT2D eigenvalue weighted by Gasteiger charge is -2.29. The van der Waals surface area contributed by atoms with Gasteiger partial charge in [-0.25, -0.2) is 9.67 Å². The minimum absolute atomic E-state index is 0.0387. The lowest BCUT2D eigenvalue weighted by atomic mass is 10.2. The summed E-state index contributed by atoms with van der Waals surface area (Å²) in [5, 5.41) is 11.2. The molecule has 1 aliphatic rings. The van der Waals surface area contributed by atoms with E-state index in [1.54, 1.807) is 22.6 Å². The molecule has 1 unspecified atom stereocenters. The monoisotopic (exact) mass is 365 g/mol. The maximum absolute atomic E-state index is 12.7. The van der Waals surface area contributed by atoms with E-state index in [4.69, 9.17) is 0 Å². The zero-order valence-electron chi connectivity index (χ0n) is 14.8. The highest BCUT2D eigenvalue weighted by atomic mass is 16.2. The summed E-state index contributed by atoms with van der Waals surface area (Å²) in [7, 11) is 0. The Labute approximate surface area is 155 Å². The Kier molecular flexibility index (Phi) is 4.41. The molecule has 138 valence electrons. The van der Waals surface area contributed by atoms with Crippen LogP contribution in [0.2, 0.25) is 0 Å². The van der Waals surface area contributed by atoms with E-state index in [1.165, 1.54) is 17.3 Å². The van der Waals surface area contributed by atoms with Crippen molar-refractivity contribution in [1.82, 2.24) is 29.4 Å². The van der Waals surface area contributed by atoms with Crippen LogP contribution in [0.1, 0.15) is 29.1 Å². The molecule has 0 radical (unpaired) electrons. The van der Waals surface area contributed by atoms with Crippen molar-refractivity contribution in [2.24, 2.45) is 0 Å². The highest BCUT2D eigenvalue weighted by molar-refractivity contribution is 6.02. The van der Waals surface area contributed by atoms with Crippen LogP contribution < -0.4 is 5.32 Å². The average molecular weight is 365 g/mol. The maximum Gasteiger partial charge on any atom is 0.276 e. The van der Waals surface area contributed by atoms with Crippen molar-refractivity contribution >= 4 is 17.5 Å². The van der Waals surface area contributed by atoms with Gasteiger partial charge in [-0.1, -0.05) is 18.2 Å². The van der Waals surface area contributed by atoms with Gasteiger partial charge in [0.25, 0.3) is 5.91 Å². The maximum atomic E-state index is 12.7. The van der Waals surface area contributed by atoms with Crippen LogP contribution in [0.4, 0.5) is 5.69 Å². The molecule has 0 fully saturated rings. The number of nitrogens with one attached hydrogen (secondary N) is 1. The second-order valence-electron chi connectivity index (χ2n) is 6.38. The third-order valence-corrected chi connectivity index (χ3v) is 4.56. The number of carbonyl (C=O) groups is 2. The predicted molar refractivity (Wildman–Crippen MR) is 96.8 cm³/mol. The Hall–Kier alpha value is -3.49. The van der Waals surface area contributed by atoms with Gasteiger partial charge in [0.15, 0.2) is 5.69 Å². The Morgan fingerprint density at radius 1 is 1.19 bits per heavy atom. The van der Waals surface area contributed by atoms with E-state index in [0.29, 0.717) is 31.0 Å². The van der Waals surface area contributed by atoms with Crippen molar-refractivity contribution in [3.8, 4) is 0 Å². The molecular weight excluding hydrogens is 346 g/mol. The fraction of sp³-hybridized carbons (Fsp3) is 0.278. The quantitative estimate of drug-likeness (QED) is 0.752. The number of amides is 2. The molecule has 4 rings (SSSR count). The van der Waals surface area contributed by atoms with Crippen LogP contribution in [-0.2, 0) is 17.9 Å². The van der Waals surface area contributed by atoms with Crippen LogP contribution in [0.5, 0.6) is 0 Å². The van der Waals surface area contributed by atoms with Gasteiger partial charge in [-0.3, -0.25) is 14.3 Å². The van der Waals surface area contributed by atoms with Gasteiger partial charge < -0.3 is 10.2 Å². The lowest BCUT2D eigenvalue weighted by molar-refractivity contribution is -0.136. The van der Waals surface area contributed by atoms with Crippen LogP contribution in [0.3, 0.4) is 0 Å². The summed E-state index contributed by atoms with van der Waals surface area (Å²) in [5.41, 5.74) is 1.89. The largest absolute Gasteiger partial charge is 0.333 e. The van der Waals surface area contributed by atoms with E-state index in [0.717, 1.165) is 5.69 Å². The summed E-state index contributed by atoms with van der Waals surface area (Å²) in [6, 6.07) is 10.5. The van der Waals surface area contributed by atoms with Crippen molar-refractivity contribution in [3.63, 3.8) is 0 Å². The third-order valence-electron chi connectivity index (χ3n) is 4.56. The number of anilines is 1. The Bertz CT molecular complexity index is 950. The normalized spacial score (nSPS) is 14.5. The van der Waals surface area contributed by atoms with Gasteiger partial charge >= 0.3 is 0 Å². The van der Waals surface area contributed by atoms with E-state index in [-0.39, 0.29) is 11.8 Å². The number of hydrogen-bond acceptors (Lipinski definition) is 5. The number of hydrogen-bond donors (Lipinski definition) is 1. The number of benzene rings is 1. The second kappa shape index (κ2) is 7.02. The van der Waals surface area contributed by atoms with Gasteiger partial charge in [0.1, 0.15) is 18.7 Å². The highest BCUT2D eigenvalue weighted by Crippen LogP contribution is 2.18. The van der Waals surface area contributed by atoms with Gasteiger partial charge in [0.05, 0.1) is 18.8 Å². The summed E-state index contributed by atoms with van der Waals surface area (Å²) in [4.78, 5) is 30.8. The number of aromatic nitrogens is 5. The minimum Gasteiger partial charge on any atom is -0.333 e. The molecule has 27 heavy (non-hydrogen) atoms. The van der Waals surface area contributed by atoms with Crippen LogP contribution in [0.25, 0.3) is 0 Å². The average Bonchev–Trinajstić information content (AvgIpc) is 3.36. The Morgan fingerprint density at radius 2 is 2.00 bits per heavy atom. The molecular formula is C18H19N7O2. The first-order chi connectivity index (χ1) is 13.1. The number of carbonyl (C=O) groups excluding carboxylic acids is 2. The van der Waals surface area contributed by atoms with Crippen LogP contribution in [0.15, 0.2) is 49.1 Å². The molecule has 0 spiro atoms. The molecule has 0 saturated heterocycles. The second-order valence-corrected chi connectivity index (χ2v) is 6.38. The molecule has 0 aliphatic carbocycles. The fourth-order valence-electron chi connectivity index (χ4n) is 3.08. The molecule has 1 atom stereocenters. The van der Waals surface area contributed by atoms with Gasteiger partial charge in [-0.15, -0.1) is 0 Å². The summed E-state index contributed by atoms with van der Waals surface area (Å²) < 4.78 is 3.32. The standard InChI is InChI=1S/C18H19N7O2/c1-13(25-12-19-11-20-25)18(27)23-7-8-24-15(10-23)9-16(22-24)17(26)21-14-5-3-2-4-6-14/h2-6,9,11-13H,7-8,10H2,1H3,(H,21,26). The van der Waals surface area contributed by atoms with Crippen molar-refractivity contribution in [2.45, 2.75) is 26.1 Å². The molecule has 2 amide bonds. The van der Waals surface area contributed by atoms with E-state index < -0.39 is 6.04 Å². The SMILES string of the molecule is CC(C(=O)N1CCn2nc(C(=O)Nc3ccccc3)cc2C1)n1cncn1. The zero-order chi connectivity index (χ0) is 18.8. The summed E-state index contributed by atoms with van der Waals surface area (Å²) in [6.45, 7) is 3.28. The first-order valence-corrected chi connectivity index (χ1v) is 8.68. The van der Waals surface area contributed by atoms with Gasteiger partial charge in [0, 0.05) is 12.2 Å². The van der Waals surface area contributed by atoms with Crippen LogP contribution in [-0.4, -0.2) is 47.8 Å². The lowest BCUT2D eigenvalue weighted by Crippen LogP contribution is -2.41. The number of rotatable bonds is 4. The molecule has 3 heterocycles. The van der Waals surface area contributed by atoms with Crippen LogP contribution in [0, 0.1) is 0 Å². The van der Waals surface area contributed by atoms with Gasteiger partial charge in [-0.2, -0.15) is 10.2 Å². The van der Waals surface area contributed by atoms with Crippen LogP contribution >= 0.6 is 0 Å². The van der Waals surface area contributed by atoms with E-state index in [2.05, 4.69) is 20.5 Å². The molecule has 3 aromatic rings. The molecule has 9 heteroatoms. The molecule has 2 aromatic heterocycles. The summed E-state index contributed by atoms with van der Waals surface area (Å²) in [5.74, 6) is -0.305. The predicted octanol–water partition coefficient (Wildman–Crippen LogP) is 1.33. The Balaban J connectivity index is 1.46. The minimum atomic E-state index is -0.428. The smallest absolute Gasteiger partial charge is 0.276 e. The molecule has 0 saturated carbocycles. The summed E-state index contributed by atoms with van der Waals surface area (Å²) >= 11 is 0. The number of para-hydroxylation sites is 1. The third kappa shape index (κ3) is 3.43. The first-order valence-electron chi connectivity index (χ1n) is 8.68. The summed E-state index contributed by atoms with van der Waals surface area (Å²) in [6.07, 6.45) is 2.94. The van der Waals surface area contributed by atoms with Gasteiger partial charge in [0.2, 0.25) is 5.91 Å². The van der Waals surface area contributed by atoms with E-state index in [1.807, 2.05) is 30.3 Å². The van der Waals surface area contributed by atoms with E-state index >= 15 is 0 Å². The fourth-order valence-corrected chi connectivity index (χ4v) is 3.08. The topological polar surface area (TPSA) is 97.9 Å². The molecule has 9 nitrogen and oxygen atoms in total.